The van der Waals surface area contributed by atoms with Crippen molar-refractivity contribution in [1.29, 1.82) is 0 Å². The van der Waals surface area contributed by atoms with Gasteiger partial charge in [0.2, 0.25) is 0 Å². The highest BCUT2D eigenvalue weighted by Crippen LogP contribution is 2.30. The second kappa shape index (κ2) is 7.82. The third-order valence-electron chi connectivity index (χ3n) is 4.46. The fourth-order valence-corrected chi connectivity index (χ4v) is 3.54. The Kier molecular flexibility index (Phi) is 5.70. The molecule has 3 aromatic rings. The topological polar surface area (TPSA) is 83.8 Å². The van der Waals surface area contributed by atoms with E-state index in [9.17, 15) is 4.79 Å². The lowest BCUT2D eigenvalue weighted by Gasteiger charge is -2.08. The van der Waals surface area contributed by atoms with Crippen LogP contribution in [-0.2, 0) is 0 Å². The molecule has 0 spiro atoms. The maximum Gasteiger partial charge on any atom is 0.252 e. The molecule has 7 heteroatoms. The molecule has 3 rings (SSSR count). The first-order valence-electron chi connectivity index (χ1n) is 8.39. The van der Waals surface area contributed by atoms with Crippen molar-refractivity contribution in [2.45, 2.75) is 25.2 Å². The number of fused-ring (bicyclic) bond motifs is 1. The molecule has 4 N–H and O–H groups in total. The maximum absolute atomic E-state index is 12.4. The summed E-state index contributed by atoms with van der Waals surface area (Å²) in [5.41, 5.74) is 11.0. The van der Waals surface area contributed by atoms with Crippen LogP contribution >= 0.6 is 28.6 Å². The Morgan fingerprint density at radius 2 is 2.08 bits per heavy atom. The highest BCUT2D eigenvalue weighted by Gasteiger charge is 2.15. The number of hydrogen-bond acceptors (Lipinski definition) is 4. The number of imidazole rings is 1. The summed E-state index contributed by atoms with van der Waals surface area (Å²) in [6.07, 6.45) is 0.740. The lowest BCUT2D eigenvalue weighted by atomic mass is 10.1. The van der Waals surface area contributed by atoms with Crippen molar-refractivity contribution in [2.75, 3.05) is 13.1 Å². The number of aryl methyl sites for hydroxylation is 1. The van der Waals surface area contributed by atoms with E-state index >= 15 is 0 Å². The molecular weight excluding hydrogens is 412 g/mol. The Balaban J connectivity index is 1.99. The van der Waals surface area contributed by atoms with Gasteiger partial charge in [-0.05, 0) is 56.1 Å². The van der Waals surface area contributed by atoms with Crippen molar-refractivity contribution in [2.24, 2.45) is 5.73 Å². The second-order valence-electron chi connectivity index (χ2n) is 6.22. The molecule has 1 heterocycles. The summed E-state index contributed by atoms with van der Waals surface area (Å²) in [4.78, 5) is 21.1. The zero-order valence-electron chi connectivity index (χ0n) is 14.7. The molecule has 136 valence electrons. The largest absolute Gasteiger partial charge is 0.352 e. The summed E-state index contributed by atoms with van der Waals surface area (Å²) >= 11 is 8.00. The smallest absolute Gasteiger partial charge is 0.252 e. The fourth-order valence-electron chi connectivity index (χ4n) is 2.77. The molecule has 0 atom stereocenters. The molecule has 1 aromatic heterocycles. The molecule has 0 saturated carbocycles. The van der Waals surface area contributed by atoms with Crippen molar-refractivity contribution in [3.8, 4) is 11.4 Å². The molecule has 5 nitrogen and oxygen atoms in total. The number of carbonyl (C=O) groups excluding carboxylic acids is 1. The molecule has 26 heavy (non-hydrogen) atoms. The van der Waals surface area contributed by atoms with Gasteiger partial charge in [0.15, 0.2) is 0 Å². The van der Waals surface area contributed by atoms with Crippen molar-refractivity contribution in [3.05, 3.63) is 45.4 Å². The number of nitrogens with zero attached hydrogens (tertiary/aromatic N) is 1. The molecular formula is C19H21BrN4OS. The van der Waals surface area contributed by atoms with Gasteiger partial charge in [0.25, 0.3) is 5.91 Å². The monoisotopic (exact) mass is 432 g/mol. The number of aromatic nitrogens is 2. The van der Waals surface area contributed by atoms with E-state index in [0.29, 0.717) is 23.5 Å². The second-order valence-corrected chi connectivity index (χ2v) is 7.56. The molecule has 0 aliphatic carbocycles. The molecule has 0 bridgehead atoms. The van der Waals surface area contributed by atoms with E-state index in [2.05, 4.69) is 52.7 Å². The van der Waals surface area contributed by atoms with E-state index in [1.54, 1.807) is 0 Å². The van der Waals surface area contributed by atoms with E-state index < -0.39 is 0 Å². The first-order chi connectivity index (χ1) is 12.4. The number of nitrogens with two attached hydrogens (primary N) is 1. The number of amides is 1. The number of carbonyl (C=O) groups is 1. The Morgan fingerprint density at radius 1 is 1.31 bits per heavy atom. The average molecular weight is 433 g/mol. The Labute approximate surface area is 166 Å². The van der Waals surface area contributed by atoms with Crippen LogP contribution in [0.1, 0.15) is 27.9 Å². The number of nitrogens with one attached hydrogen (secondary N) is 2. The molecule has 2 aromatic carbocycles. The van der Waals surface area contributed by atoms with Gasteiger partial charge in [-0.2, -0.15) is 0 Å². The summed E-state index contributed by atoms with van der Waals surface area (Å²) in [6, 6.07) is 7.57. The van der Waals surface area contributed by atoms with Crippen LogP contribution in [0.2, 0.25) is 0 Å². The zero-order valence-corrected chi connectivity index (χ0v) is 17.2. The number of hydrogen-bond donors (Lipinski definition) is 4. The number of rotatable bonds is 5. The van der Waals surface area contributed by atoms with E-state index in [0.717, 1.165) is 38.9 Å². The SMILES string of the molecule is Cc1c(Br)cc2[nH]c(-c3ccc(S)c(C(=O)NCCCN)c3)nc2c1C. The van der Waals surface area contributed by atoms with E-state index in [-0.39, 0.29) is 5.91 Å². The number of halogens is 1. The standard InChI is InChI=1S/C19H21BrN4OS/c1-10-11(2)17-15(9-14(10)20)23-18(24-17)12-4-5-16(26)13(8-12)19(25)22-7-3-6-21/h4-5,8-9,26H,3,6-7,21H2,1-2H3,(H,22,25)(H,23,24). The third-order valence-corrected chi connectivity index (χ3v) is 5.67. The molecule has 0 unspecified atom stereocenters. The average Bonchev–Trinajstić information content (AvgIpc) is 3.04. The highest BCUT2D eigenvalue weighted by atomic mass is 79.9. The predicted octanol–water partition coefficient (Wildman–Crippen LogP) is 3.98. The summed E-state index contributed by atoms with van der Waals surface area (Å²) in [6.45, 7) is 5.21. The number of H-pyrrole nitrogens is 1. The van der Waals surface area contributed by atoms with Crippen LogP contribution in [0.3, 0.4) is 0 Å². The molecule has 0 fully saturated rings. The Morgan fingerprint density at radius 3 is 2.81 bits per heavy atom. The molecule has 0 aliphatic rings. The van der Waals surface area contributed by atoms with E-state index in [4.69, 9.17) is 10.7 Å². The van der Waals surface area contributed by atoms with Gasteiger partial charge in [-0.15, -0.1) is 12.6 Å². The Bertz CT molecular complexity index is 983. The first kappa shape index (κ1) is 18.9. The van der Waals surface area contributed by atoms with Gasteiger partial charge in [-0.3, -0.25) is 4.79 Å². The van der Waals surface area contributed by atoms with Crippen molar-refractivity contribution < 1.29 is 4.79 Å². The zero-order chi connectivity index (χ0) is 18.8. The fraction of sp³-hybridized carbons (Fsp3) is 0.263. The van der Waals surface area contributed by atoms with Crippen molar-refractivity contribution >= 4 is 45.5 Å². The lowest BCUT2D eigenvalue weighted by Crippen LogP contribution is -2.26. The Hall–Kier alpha value is -1.83. The maximum atomic E-state index is 12.4. The van der Waals surface area contributed by atoms with Gasteiger partial charge in [0.1, 0.15) is 5.82 Å². The van der Waals surface area contributed by atoms with Gasteiger partial charge in [-0.25, -0.2) is 4.98 Å². The minimum atomic E-state index is -0.156. The highest BCUT2D eigenvalue weighted by molar-refractivity contribution is 9.10. The van der Waals surface area contributed by atoms with Crippen molar-refractivity contribution in [3.63, 3.8) is 0 Å². The van der Waals surface area contributed by atoms with Crippen LogP contribution < -0.4 is 11.1 Å². The number of aromatic amines is 1. The summed E-state index contributed by atoms with van der Waals surface area (Å²) in [5.74, 6) is 0.570. The quantitative estimate of drug-likeness (QED) is 0.363. The van der Waals surface area contributed by atoms with Gasteiger partial charge in [0, 0.05) is 21.5 Å². The normalized spacial score (nSPS) is 11.1. The van der Waals surface area contributed by atoms with Crippen LogP contribution in [-0.4, -0.2) is 29.0 Å². The minimum absolute atomic E-state index is 0.156. The van der Waals surface area contributed by atoms with Crippen LogP contribution in [0, 0.1) is 13.8 Å². The third kappa shape index (κ3) is 3.65. The summed E-state index contributed by atoms with van der Waals surface area (Å²) in [7, 11) is 0. The number of thiol groups is 1. The van der Waals surface area contributed by atoms with Crippen LogP contribution in [0.5, 0.6) is 0 Å². The van der Waals surface area contributed by atoms with E-state index in [1.807, 2.05) is 24.3 Å². The molecule has 0 radical (unpaired) electrons. The molecule has 0 aliphatic heterocycles. The predicted molar refractivity (Wildman–Crippen MR) is 112 cm³/mol. The van der Waals surface area contributed by atoms with Gasteiger partial charge in [-0.1, -0.05) is 22.0 Å². The van der Waals surface area contributed by atoms with Crippen LogP contribution in [0.4, 0.5) is 0 Å². The van der Waals surface area contributed by atoms with Gasteiger partial charge < -0.3 is 16.0 Å². The lowest BCUT2D eigenvalue weighted by molar-refractivity contribution is 0.0950. The summed E-state index contributed by atoms with van der Waals surface area (Å²) < 4.78 is 1.04. The minimum Gasteiger partial charge on any atom is -0.352 e. The van der Waals surface area contributed by atoms with Crippen molar-refractivity contribution in [1.82, 2.24) is 15.3 Å². The van der Waals surface area contributed by atoms with Crippen LogP contribution in [0.25, 0.3) is 22.4 Å². The number of benzene rings is 2. The summed E-state index contributed by atoms with van der Waals surface area (Å²) in [5, 5.41) is 2.87. The van der Waals surface area contributed by atoms with Crippen LogP contribution in [0.15, 0.2) is 33.6 Å². The molecule has 0 saturated heterocycles. The van der Waals surface area contributed by atoms with E-state index in [1.165, 1.54) is 5.56 Å². The molecule has 1 amide bonds. The first-order valence-corrected chi connectivity index (χ1v) is 9.63. The van der Waals surface area contributed by atoms with Gasteiger partial charge >= 0.3 is 0 Å². The van der Waals surface area contributed by atoms with Gasteiger partial charge in [0.05, 0.1) is 16.6 Å².